The Morgan fingerprint density at radius 1 is 1.36 bits per heavy atom. The standard InChI is InChI=1S/C8H6N2O/c11-6-7-1-2-8-3-4-9-10(8)5-7/h1-6H. The minimum absolute atomic E-state index is 0.640. The fourth-order valence-corrected chi connectivity index (χ4v) is 1.000. The van der Waals surface area contributed by atoms with Crippen LogP contribution in [0.3, 0.4) is 0 Å². The van der Waals surface area contributed by atoms with Gasteiger partial charge in [0.05, 0.1) is 5.52 Å². The van der Waals surface area contributed by atoms with E-state index in [0.29, 0.717) is 5.56 Å². The number of hydrogen-bond acceptors (Lipinski definition) is 2. The lowest BCUT2D eigenvalue weighted by Crippen LogP contribution is -1.88. The van der Waals surface area contributed by atoms with Crippen LogP contribution >= 0.6 is 0 Å². The van der Waals surface area contributed by atoms with Crippen LogP contribution in [0.2, 0.25) is 0 Å². The highest BCUT2D eigenvalue weighted by Crippen LogP contribution is 2.02. The normalized spacial score (nSPS) is 10.2. The summed E-state index contributed by atoms with van der Waals surface area (Å²) in [7, 11) is 0. The van der Waals surface area contributed by atoms with Gasteiger partial charge in [0.1, 0.15) is 0 Å². The zero-order valence-corrected chi connectivity index (χ0v) is 5.77. The molecule has 0 saturated heterocycles. The van der Waals surface area contributed by atoms with Crippen LogP contribution in [0.5, 0.6) is 0 Å². The lowest BCUT2D eigenvalue weighted by molar-refractivity contribution is 0.112. The highest BCUT2D eigenvalue weighted by molar-refractivity contribution is 5.75. The zero-order valence-electron chi connectivity index (χ0n) is 5.77. The molecule has 54 valence electrons. The Hall–Kier alpha value is -1.64. The van der Waals surface area contributed by atoms with Crippen LogP contribution < -0.4 is 0 Å². The first-order valence-electron chi connectivity index (χ1n) is 3.29. The molecule has 3 nitrogen and oxygen atoms in total. The second kappa shape index (κ2) is 2.20. The number of nitrogens with zero attached hydrogens (tertiary/aromatic N) is 2. The van der Waals surface area contributed by atoms with Crippen molar-refractivity contribution in [1.29, 1.82) is 0 Å². The summed E-state index contributed by atoms with van der Waals surface area (Å²) in [5.41, 5.74) is 1.64. The maximum absolute atomic E-state index is 10.3. The largest absolute Gasteiger partial charge is 0.298 e. The molecule has 0 aliphatic rings. The third-order valence-electron chi connectivity index (χ3n) is 1.55. The summed E-state index contributed by atoms with van der Waals surface area (Å²) in [5, 5.41) is 3.99. The van der Waals surface area contributed by atoms with Crippen molar-refractivity contribution in [3.63, 3.8) is 0 Å². The lowest BCUT2D eigenvalue weighted by atomic mass is 10.3. The number of fused-ring (bicyclic) bond motifs is 1. The molecule has 0 amide bonds. The van der Waals surface area contributed by atoms with Gasteiger partial charge in [-0.15, -0.1) is 0 Å². The third kappa shape index (κ3) is 0.902. The molecule has 2 aromatic heterocycles. The van der Waals surface area contributed by atoms with Crippen molar-refractivity contribution in [2.45, 2.75) is 0 Å². The Morgan fingerprint density at radius 2 is 2.27 bits per heavy atom. The highest BCUT2D eigenvalue weighted by atomic mass is 16.1. The van der Waals surface area contributed by atoms with Crippen LogP contribution in [0, 0.1) is 0 Å². The topological polar surface area (TPSA) is 34.4 Å². The molecule has 0 N–H and O–H groups in total. The molecule has 0 saturated carbocycles. The molecule has 0 aromatic carbocycles. The van der Waals surface area contributed by atoms with Crippen molar-refractivity contribution >= 4 is 11.8 Å². The minimum Gasteiger partial charge on any atom is -0.298 e. The number of aldehydes is 1. The Balaban J connectivity index is 2.76. The van der Waals surface area contributed by atoms with E-state index in [4.69, 9.17) is 0 Å². The van der Waals surface area contributed by atoms with Crippen LogP contribution in [-0.2, 0) is 0 Å². The van der Waals surface area contributed by atoms with Crippen molar-refractivity contribution in [2.75, 3.05) is 0 Å². The van der Waals surface area contributed by atoms with Gasteiger partial charge >= 0.3 is 0 Å². The quantitative estimate of drug-likeness (QED) is 0.565. The van der Waals surface area contributed by atoms with Gasteiger partial charge in [0.15, 0.2) is 6.29 Å². The van der Waals surface area contributed by atoms with E-state index < -0.39 is 0 Å². The average Bonchev–Trinajstić information content (AvgIpc) is 2.50. The van der Waals surface area contributed by atoms with E-state index in [9.17, 15) is 4.79 Å². The Kier molecular flexibility index (Phi) is 1.22. The number of hydrogen-bond donors (Lipinski definition) is 0. The van der Waals surface area contributed by atoms with E-state index in [1.807, 2.05) is 12.1 Å². The molecular formula is C8H6N2O. The number of carbonyl (C=O) groups excluding carboxylic acids is 1. The number of aromatic nitrogens is 2. The smallest absolute Gasteiger partial charge is 0.151 e. The molecule has 0 radical (unpaired) electrons. The van der Waals surface area contributed by atoms with E-state index in [1.165, 1.54) is 0 Å². The predicted molar refractivity (Wildman–Crippen MR) is 40.6 cm³/mol. The summed E-state index contributed by atoms with van der Waals surface area (Å²) in [5.74, 6) is 0. The van der Waals surface area contributed by atoms with Crippen molar-refractivity contribution in [3.8, 4) is 0 Å². The molecular weight excluding hydrogens is 140 g/mol. The first-order valence-corrected chi connectivity index (χ1v) is 3.29. The molecule has 2 rings (SSSR count). The second-order valence-electron chi connectivity index (χ2n) is 2.28. The van der Waals surface area contributed by atoms with Crippen LogP contribution in [0.4, 0.5) is 0 Å². The Morgan fingerprint density at radius 3 is 3.09 bits per heavy atom. The van der Waals surface area contributed by atoms with Gasteiger partial charge in [0.2, 0.25) is 0 Å². The fraction of sp³-hybridized carbons (Fsp3) is 0. The molecule has 0 unspecified atom stereocenters. The van der Waals surface area contributed by atoms with Crippen LogP contribution in [0.25, 0.3) is 5.52 Å². The molecule has 0 atom stereocenters. The summed E-state index contributed by atoms with van der Waals surface area (Å²) >= 11 is 0. The maximum Gasteiger partial charge on any atom is 0.151 e. The van der Waals surface area contributed by atoms with E-state index >= 15 is 0 Å². The van der Waals surface area contributed by atoms with Gasteiger partial charge in [-0.25, -0.2) is 4.52 Å². The van der Waals surface area contributed by atoms with Crippen LogP contribution in [0.1, 0.15) is 10.4 Å². The molecule has 0 aliphatic carbocycles. The molecule has 0 spiro atoms. The van der Waals surface area contributed by atoms with Gasteiger partial charge < -0.3 is 0 Å². The Bertz CT molecular complexity index is 392. The highest BCUT2D eigenvalue weighted by Gasteiger charge is 1.93. The molecule has 3 heteroatoms. The molecule has 11 heavy (non-hydrogen) atoms. The van der Waals surface area contributed by atoms with Crippen LogP contribution in [-0.4, -0.2) is 15.9 Å². The number of rotatable bonds is 1. The molecule has 0 aliphatic heterocycles. The van der Waals surface area contributed by atoms with E-state index in [1.54, 1.807) is 23.0 Å². The first-order chi connectivity index (χ1) is 5.40. The van der Waals surface area contributed by atoms with Crippen molar-refractivity contribution in [1.82, 2.24) is 9.61 Å². The lowest BCUT2D eigenvalue weighted by Gasteiger charge is -1.92. The number of pyridine rings is 1. The monoisotopic (exact) mass is 146 g/mol. The van der Waals surface area contributed by atoms with E-state index in [0.717, 1.165) is 11.8 Å². The SMILES string of the molecule is O=Cc1ccc2ccnn2c1. The molecule has 2 aromatic rings. The van der Waals surface area contributed by atoms with E-state index in [-0.39, 0.29) is 0 Å². The van der Waals surface area contributed by atoms with Gasteiger partial charge in [0.25, 0.3) is 0 Å². The predicted octanol–water partition coefficient (Wildman–Crippen LogP) is 1.15. The van der Waals surface area contributed by atoms with Gasteiger partial charge in [-0.3, -0.25) is 4.79 Å². The first kappa shape index (κ1) is 6.09. The number of carbonyl (C=O) groups is 1. The summed E-state index contributed by atoms with van der Waals surface area (Å²) < 4.78 is 1.67. The molecule has 2 heterocycles. The average molecular weight is 146 g/mol. The molecule has 0 bridgehead atoms. The van der Waals surface area contributed by atoms with Crippen molar-refractivity contribution in [2.24, 2.45) is 0 Å². The van der Waals surface area contributed by atoms with Gasteiger partial charge in [-0.05, 0) is 18.2 Å². The summed E-state index contributed by atoms with van der Waals surface area (Å²) in [4.78, 5) is 10.3. The zero-order chi connectivity index (χ0) is 7.68. The van der Waals surface area contributed by atoms with Crippen molar-refractivity contribution in [3.05, 3.63) is 36.2 Å². The summed E-state index contributed by atoms with van der Waals surface area (Å²) in [6.07, 6.45) is 4.20. The van der Waals surface area contributed by atoms with Crippen molar-refractivity contribution < 1.29 is 4.79 Å². The minimum atomic E-state index is 0.640. The third-order valence-corrected chi connectivity index (χ3v) is 1.55. The molecule has 0 fully saturated rings. The Labute approximate surface area is 63.3 Å². The maximum atomic E-state index is 10.3. The van der Waals surface area contributed by atoms with Gasteiger partial charge in [-0.2, -0.15) is 5.10 Å². The summed E-state index contributed by atoms with van der Waals surface area (Å²) in [6.45, 7) is 0. The summed E-state index contributed by atoms with van der Waals surface area (Å²) in [6, 6.07) is 5.51. The van der Waals surface area contributed by atoms with Crippen LogP contribution in [0.15, 0.2) is 30.6 Å². The van der Waals surface area contributed by atoms with E-state index in [2.05, 4.69) is 5.10 Å². The van der Waals surface area contributed by atoms with Gasteiger partial charge in [-0.1, -0.05) is 0 Å². The van der Waals surface area contributed by atoms with Gasteiger partial charge in [0, 0.05) is 18.0 Å². The second-order valence-corrected chi connectivity index (χ2v) is 2.28. The fourth-order valence-electron chi connectivity index (χ4n) is 1.000.